The average Bonchev–Trinajstić information content (AvgIpc) is 2.70. The predicted octanol–water partition coefficient (Wildman–Crippen LogP) is 4.24. The number of piperazine rings is 1. The van der Waals surface area contributed by atoms with E-state index >= 15 is 0 Å². The molecule has 0 aliphatic carbocycles. The minimum Gasteiger partial charge on any atom is -0.496 e. The highest BCUT2D eigenvalue weighted by Gasteiger charge is 2.21. The largest absolute Gasteiger partial charge is 0.496 e. The van der Waals surface area contributed by atoms with E-state index in [0.29, 0.717) is 13.1 Å². The first-order chi connectivity index (χ1) is 13.1. The predicted molar refractivity (Wildman–Crippen MR) is 118 cm³/mol. The topological polar surface area (TPSA) is 44.8 Å². The van der Waals surface area contributed by atoms with E-state index in [-0.39, 0.29) is 18.4 Å². The van der Waals surface area contributed by atoms with E-state index in [1.807, 2.05) is 35.2 Å². The number of urea groups is 1. The summed E-state index contributed by atoms with van der Waals surface area (Å²) in [6.07, 6.45) is 3.53. The van der Waals surface area contributed by atoms with Gasteiger partial charge in [-0.15, -0.1) is 12.4 Å². The van der Waals surface area contributed by atoms with Crippen LogP contribution in [-0.4, -0.2) is 44.2 Å². The Labute approximate surface area is 173 Å². The van der Waals surface area contributed by atoms with Crippen molar-refractivity contribution in [3.63, 3.8) is 0 Å². The van der Waals surface area contributed by atoms with Crippen LogP contribution in [0.5, 0.6) is 5.75 Å². The Morgan fingerprint density at radius 3 is 2.46 bits per heavy atom. The summed E-state index contributed by atoms with van der Waals surface area (Å²) in [7, 11) is 1.64. The highest BCUT2D eigenvalue weighted by molar-refractivity contribution is 5.85. The molecule has 5 nitrogen and oxygen atoms in total. The molecule has 0 spiro atoms. The normalized spacial score (nSPS) is 14.0. The smallest absolute Gasteiger partial charge is 0.321 e. The van der Waals surface area contributed by atoms with Gasteiger partial charge in [-0.3, -0.25) is 0 Å². The van der Waals surface area contributed by atoms with Crippen LogP contribution >= 0.6 is 12.4 Å². The van der Waals surface area contributed by atoms with Gasteiger partial charge in [0.2, 0.25) is 0 Å². The van der Waals surface area contributed by atoms with Crippen molar-refractivity contribution in [2.75, 3.05) is 38.2 Å². The quantitative estimate of drug-likeness (QED) is 0.833. The van der Waals surface area contributed by atoms with Gasteiger partial charge in [-0.25, -0.2) is 4.79 Å². The highest BCUT2D eigenvalue weighted by Crippen LogP contribution is 2.24. The van der Waals surface area contributed by atoms with Gasteiger partial charge in [0.05, 0.1) is 7.11 Å². The fourth-order valence-electron chi connectivity index (χ4n) is 3.33. The van der Waals surface area contributed by atoms with Crippen LogP contribution in [0.15, 0.2) is 48.7 Å². The number of carbonyl (C=O) groups is 1. The molecular weight excluding hydrogens is 374 g/mol. The van der Waals surface area contributed by atoms with E-state index < -0.39 is 0 Å². The number of hydrogen-bond donors (Lipinski definition) is 1. The third-order valence-corrected chi connectivity index (χ3v) is 5.09. The van der Waals surface area contributed by atoms with Gasteiger partial charge in [0.15, 0.2) is 0 Å². The van der Waals surface area contributed by atoms with Crippen LogP contribution in [0, 0.1) is 13.8 Å². The van der Waals surface area contributed by atoms with Crippen molar-refractivity contribution in [2.45, 2.75) is 13.8 Å². The Balaban J connectivity index is 0.00000280. The summed E-state index contributed by atoms with van der Waals surface area (Å²) >= 11 is 0. The molecule has 150 valence electrons. The van der Waals surface area contributed by atoms with Gasteiger partial charge < -0.3 is 19.9 Å². The molecule has 0 aromatic heterocycles. The molecule has 6 heteroatoms. The van der Waals surface area contributed by atoms with Crippen molar-refractivity contribution < 1.29 is 9.53 Å². The molecule has 0 bridgehead atoms. The molecule has 1 aliphatic rings. The van der Waals surface area contributed by atoms with Crippen molar-refractivity contribution in [3.05, 3.63) is 65.4 Å². The van der Waals surface area contributed by atoms with Crippen molar-refractivity contribution in [2.24, 2.45) is 0 Å². The van der Waals surface area contributed by atoms with Gasteiger partial charge in [0, 0.05) is 43.6 Å². The lowest BCUT2D eigenvalue weighted by atomic mass is 10.1. The van der Waals surface area contributed by atoms with Crippen molar-refractivity contribution in [1.82, 2.24) is 10.2 Å². The zero-order valence-corrected chi connectivity index (χ0v) is 17.5. The number of nitrogens with zero attached hydrogens (tertiary/aromatic N) is 2. The average molecular weight is 402 g/mol. The molecule has 2 aromatic rings. The number of para-hydroxylation sites is 1. The van der Waals surface area contributed by atoms with E-state index in [0.717, 1.165) is 24.4 Å². The van der Waals surface area contributed by atoms with Gasteiger partial charge in [-0.1, -0.05) is 30.3 Å². The van der Waals surface area contributed by atoms with Crippen LogP contribution in [0.3, 0.4) is 0 Å². The number of benzene rings is 2. The van der Waals surface area contributed by atoms with E-state index in [9.17, 15) is 4.79 Å². The molecule has 28 heavy (non-hydrogen) atoms. The molecule has 1 aliphatic heterocycles. The monoisotopic (exact) mass is 401 g/mol. The molecular formula is C22H28ClN3O2. The zero-order valence-electron chi connectivity index (χ0n) is 16.6. The SMILES string of the molecule is COc1ccccc1/C=C/NC(=O)N1CCN(c2cccc(C)c2C)CC1.Cl. The summed E-state index contributed by atoms with van der Waals surface area (Å²) in [5.41, 5.74) is 4.82. The molecule has 2 aromatic carbocycles. The summed E-state index contributed by atoms with van der Waals surface area (Å²) in [6, 6.07) is 14.0. The van der Waals surface area contributed by atoms with Crippen LogP contribution in [0.4, 0.5) is 10.5 Å². The summed E-state index contributed by atoms with van der Waals surface area (Å²) in [6.45, 7) is 7.40. The first-order valence-corrected chi connectivity index (χ1v) is 9.26. The number of aryl methyl sites for hydroxylation is 1. The minimum atomic E-state index is -0.0678. The molecule has 1 heterocycles. The maximum absolute atomic E-state index is 12.4. The molecule has 0 atom stereocenters. The number of methoxy groups -OCH3 is 1. The molecule has 1 saturated heterocycles. The molecule has 0 saturated carbocycles. The second-order valence-electron chi connectivity index (χ2n) is 6.72. The van der Waals surface area contributed by atoms with Crippen LogP contribution in [0.1, 0.15) is 16.7 Å². The first kappa shape index (κ1) is 21.6. The van der Waals surface area contributed by atoms with E-state index in [4.69, 9.17) is 4.74 Å². The highest BCUT2D eigenvalue weighted by atomic mass is 35.5. The number of ether oxygens (including phenoxy) is 1. The number of carbonyl (C=O) groups excluding carboxylic acids is 1. The molecule has 0 radical (unpaired) electrons. The minimum absolute atomic E-state index is 0. The van der Waals surface area contributed by atoms with E-state index in [1.54, 1.807) is 13.3 Å². The van der Waals surface area contributed by atoms with Crippen molar-refractivity contribution in [1.29, 1.82) is 0 Å². The Morgan fingerprint density at radius 1 is 1.04 bits per heavy atom. The van der Waals surface area contributed by atoms with Crippen LogP contribution < -0.4 is 15.0 Å². The lowest BCUT2D eigenvalue weighted by Crippen LogP contribution is -2.51. The molecule has 1 N–H and O–H groups in total. The third-order valence-electron chi connectivity index (χ3n) is 5.09. The lowest BCUT2D eigenvalue weighted by Gasteiger charge is -2.36. The zero-order chi connectivity index (χ0) is 19.2. The third kappa shape index (κ3) is 4.98. The standard InChI is InChI=1S/C22H27N3O2.ClH/c1-17-7-6-9-20(18(17)2)24-13-15-25(16-14-24)22(26)23-12-11-19-8-4-5-10-21(19)27-3;/h4-12H,13-16H2,1-3H3,(H,23,26);1H/b12-11+;. The Bertz CT molecular complexity index is 830. The van der Waals surface area contributed by atoms with Crippen molar-refractivity contribution >= 4 is 30.2 Å². The summed E-state index contributed by atoms with van der Waals surface area (Å²) < 4.78 is 5.31. The van der Waals surface area contributed by atoms with Gasteiger partial charge in [-0.05, 0) is 43.2 Å². The number of amides is 2. The Hall–Kier alpha value is -2.66. The number of nitrogens with one attached hydrogen (secondary N) is 1. The van der Waals surface area contributed by atoms with E-state index in [2.05, 4.69) is 42.3 Å². The number of anilines is 1. The van der Waals surface area contributed by atoms with Gasteiger partial charge >= 0.3 is 6.03 Å². The molecule has 3 rings (SSSR count). The second-order valence-corrected chi connectivity index (χ2v) is 6.72. The fourth-order valence-corrected chi connectivity index (χ4v) is 3.33. The lowest BCUT2D eigenvalue weighted by molar-refractivity contribution is 0.198. The summed E-state index contributed by atoms with van der Waals surface area (Å²) in [4.78, 5) is 16.6. The van der Waals surface area contributed by atoms with Gasteiger partial charge in [0.1, 0.15) is 5.75 Å². The maximum atomic E-state index is 12.4. The van der Waals surface area contributed by atoms with Gasteiger partial charge in [0.25, 0.3) is 0 Å². The number of rotatable bonds is 4. The number of halogens is 1. The maximum Gasteiger partial charge on any atom is 0.321 e. The fraction of sp³-hybridized carbons (Fsp3) is 0.318. The number of hydrogen-bond acceptors (Lipinski definition) is 3. The van der Waals surface area contributed by atoms with Crippen LogP contribution in [-0.2, 0) is 0 Å². The van der Waals surface area contributed by atoms with Crippen molar-refractivity contribution in [3.8, 4) is 5.75 Å². The Morgan fingerprint density at radius 2 is 1.75 bits per heavy atom. The second kappa shape index (κ2) is 10.0. The van der Waals surface area contributed by atoms with E-state index in [1.165, 1.54) is 16.8 Å². The summed E-state index contributed by atoms with van der Waals surface area (Å²) in [5.74, 6) is 0.783. The van der Waals surface area contributed by atoms with Gasteiger partial charge in [-0.2, -0.15) is 0 Å². The Kier molecular flexibility index (Phi) is 7.76. The van der Waals surface area contributed by atoms with Crippen LogP contribution in [0.2, 0.25) is 0 Å². The molecule has 1 fully saturated rings. The molecule has 2 amide bonds. The van der Waals surface area contributed by atoms with Crippen LogP contribution in [0.25, 0.3) is 6.08 Å². The molecule has 0 unspecified atom stereocenters. The summed E-state index contributed by atoms with van der Waals surface area (Å²) in [5, 5.41) is 2.86. The first-order valence-electron chi connectivity index (χ1n) is 9.26.